The SMILES string of the molecule is COC(=O)c1cc(Br)c2cc(B(O)O)n(C(=O)OC(C)(C)C)c2c1. The molecular formula is C15H17BBrNO6. The molecule has 0 aliphatic rings. The summed E-state index contributed by atoms with van der Waals surface area (Å²) < 4.78 is 11.5. The molecule has 7 nitrogen and oxygen atoms in total. The third-order valence-corrected chi connectivity index (χ3v) is 3.82. The van der Waals surface area contributed by atoms with Crippen molar-refractivity contribution in [3.05, 3.63) is 28.2 Å². The van der Waals surface area contributed by atoms with Crippen molar-refractivity contribution in [2.75, 3.05) is 7.11 Å². The predicted octanol–water partition coefficient (Wildman–Crippen LogP) is 1.65. The Bertz CT molecular complexity index is 808. The van der Waals surface area contributed by atoms with Crippen LogP contribution in [0.4, 0.5) is 4.79 Å². The number of ether oxygens (including phenoxy) is 2. The summed E-state index contributed by atoms with van der Waals surface area (Å²) in [4.78, 5) is 24.3. The number of benzene rings is 1. The highest BCUT2D eigenvalue weighted by atomic mass is 79.9. The molecule has 0 radical (unpaired) electrons. The Morgan fingerprint density at radius 2 is 1.83 bits per heavy atom. The lowest BCUT2D eigenvalue weighted by atomic mass is 9.86. The van der Waals surface area contributed by atoms with E-state index >= 15 is 0 Å². The van der Waals surface area contributed by atoms with Gasteiger partial charge in [0.1, 0.15) is 5.60 Å². The Balaban J connectivity index is 2.74. The van der Waals surface area contributed by atoms with Crippen LogP contribution in [0.2, 0.25) is 0 Å². The van der Waals surface area contributed by atoms with Gasteiger partial charge in [-0.2, -0.15) is 0 Å². The van der Waals surface area contributed by atoms with Crippen LogP contribution in [0.3, 0.4) is 0 Å². The van der Waals surface area contributed by atoms with Crippen molar-refractivity contribution in [1.82, 2.24) is 4.57 Å². The number of fused-ring (bicyclic) bond motifs is 1. The van der Waals surface area contributed by atoms with Gasteiger partial charge in [0.15, 0.2) is 0 Å². The number of hydrogen-bond acceptors (Lipinski definition) is 6. The molecule has 0 aliphatic heterocycles. The first-order valence-electron chi connectivity index (χ1n) is 7.08. The molecule has 1 aromatic carbocycles. The van der Waals surface area contributed by atoms with Crippen LogP contribution >= 0.6 is 15.9 Å². The molecule has 0 unspecified atom stereocenters. The maximum Gasteiger partial charge on any atom is 0.506 e. The Morgan fingerprint density at radius 1 is 1.21 bits per heavy atom. The van der Waals surface area contributed by atoms with E-state index in [1.807, 2.05) is 0 Å². The zero-order chi connectivity index (χ0) is 18.2. The highest BCUT2D eigenvalue weighted by Crippen LogP contribution is 2.27. The molecule has 1 aromatic heterocycles. The fourth-order valence-electron chi connectivity index (χ4n) is 2.22. The van der Waals surface area contributed by atoms with Crippen molar-refractivity contribution in [3.8, 4) is 0 Å². The molecule has 0 saturated carbocycles. The zero-order valence-corrected chi connectivity index (χ0v) is 15.2. The Kier molecular flexibility index (Phi) is 5.07. The number of hydrogen-bond donors (Lipinski definition) is 2. The van der Waals surface area contributed by atoms with E-state index in [1.54, 1.807) is 20.8 Å². The van der Waals surface area contributed by atoms with Crippen molar-refractivity contribution >= 4 is 51.6 Å². The lowest BCUT2D eigenvalue weighted by Gasteiger charge is -2.21. The van der Waals surface area contributed by atoms with Crippen molar-refractivity contribution in [1.29, 1.82) is 0 Å². The number of esters is 1. The second-order valence-electron chi connectivity index (χ2n) is 6.14. The van der Waals surface area contributed by atoms with Gasteiger partial charge in [-0.25, -0.2) is 9.59 Å². The Hall–Kier alpha value is -1.84. The van der Waals surface area contributed by atoms with Gasteiger partial charge in [0, 0.05) is 9.86 Å². The lowest BCUT2D eigenvalue weighted by Crippen LogP contribution is -2.41. The van der Waals surface area contributed by atoms with Crippen LogP contribution in [0.5, 0.6) is 0 Å². The second-order valence-corrected chi connectivity index (χ2v) is 7.00. The van der Waals surface area contributed by atoms with Gasteiger partial charge >= 0.3 is 19.2 Å². The van der Waals surface area contributed by atoms with E-state index in [1.165, 1.54) is 25.3 Å². The van der Waals surface area contributed by atoms with Crippen LogP contribution < -0.4 is 5.59 Å². The first kappa shape index (κ1) is 18.5. The monoisotopic (exact) mass is 397 g/mol. The highest BCUT2D eigenvalue weighted by molar-refractivity contribution is 9.10. The molecule has 0 bridgehead atoms. The number of carbonyl (C=O) groups is 2. The van der Waals surface area contributed by atoms with Gasteiger partial charge < -0.3 is 19.5 Å². The molecule has 2 aromatic rings. The molecule has 0 atom stereocenters. The predicted molar refractivity (Wildman–Crippen MR) is 92.4 cm³/mol. The average molecular weight is 398 g/mol. The molecule has 24 heavy (non-hydrogen) atoms. The third kappa shape index (κ3) is 3.63. The van der Waals surface area contributed by atoms with Crippen LogP contribution in [0.15, 0.2) is 22.7 Å². The first-order valence-corrected chi connectivity index (χ1v) is 7.87. The Morgan fingerprint density at radius 3 is 2.33 bits per heavy atom. The average Bonchev–Trinajstić information content (AvgIpc) is 2.84. The number of rotatable bonds is 2. The Labute approximate surface area is 147 Å². The van der Waals surface area contributed by atoms with Crippen molar-refractivity contribution in [3.63, 3.8) is 0 Å². The van der Waals surface area contributed by atoms with Gasteiger partial charge in [0.05, 0.1) is 23.8 Å². The second kappa shape index (κ2) is 6.58. The lowest BCUT2D eigenvalue weighted by molar-refractivity contribution is 0.0544. The minimum atomic E-state index is -1.89. The number of aromatic nitrogens is 1. The minimum Gasteiger partial charge on any atom is -0.465 e. The van der Waals surface area contributed by atoms with E-state index in [9.17, 15) is 19.6 Å². The summed E-state index contributed by atoms with van der Waals surface area (Å²) in [6.07, 6.45) is -0.783. The summed E-state index contributed by atoms with van der Waals surface area (Å²) in [5.41, 5.74) is -0.342. The maximum atomic E-state index is 12.5. The van der Waals surface area contributed by atoms with E-state index in [4.69, 9.17) is 9.47 Å². The van der Waals surface area contributed by atoms with Gasteiger partial charge in [0.25, 0.3) is 0 Å². The van der Waals surface area contributed by atoms with Crippen LogP contribution in [-0.2, 0) is 9.47 Å². The van der Waals surface area contributed by atoms with Gasteiger partial charge in [-0.1, -0.05) is 15.9 Å². The van der Waals surface area contributed by atoms with Gasteiger partial charge in [-0.3, -0.25) is 4.57 Å². The maximum absolute atomic E-state index is 12.5. The highest BCUT2D eigenvalue weighted by Gasteiger charge is 2.28. The van der Waals surface area contributed by atoms with Gasteiger partial charge in [-0.05, 0) is 39.0 Å². The smallest absolute Gasteiger partial charge is 0.465 e. The molecule has 0 spiro atoms. The van der Waals surface area contributed by atoms with E-state index in [2.05, 4.69) is 15.9 Å². The van der Waals surface area contributed by atoms with Crippen LogP contribution in [0.25, 0.3) is 10.9 Å². The molecule has 0 aliphatic carbocycles. The summed E-state index contributed by atoms with van der Waals surface area (Å²) in [6, 6.07) is 4.40. The summed E-state index contributed by atoms with van der Waals surface area (Å²) in [6.45, 7) is 5.09. The van der Waals surface area contributed by atoms with E-state index < -0.39 is 24.8 Å². The zero-order valence-electron chi connectivity index (χ0n) is 13.7. The number of nitrogens with zero attached hydrogens (tertiary/aromatic N) is 1. The fourth-order valence-corrected chi connectivity index (χ4v) is 2.78. The summed E-state index contributed by atoms with van der Waals surface area (Å²) in [5, 5.41) is 19.7. The first-order chi connectivity index (χ1) is 11.0. The molecular weight excluding hydrogens is 381 g/mol. The molecule has 128 valence electrons. The molecule has 2 N–H and O–H groups in total. The van der Waals surface area contributed by atoms with Crippen molar-refractivity contribution in [2.45, 2.75) is 26.4 Å². The van der Waals surface area contributed by atoms with Crippen molar-refractivity contribution < 1.29 is 29.1 Å². The number of methoxy groups -OCH3 is 1. The summed E-state index contributed by atoms with van der Waals surface area (Å²) in [7, 11) is -0.644. The van der Waals surface area contributed by atoms with E-state index in [0.29, 0.717) is 15.4 Å². The standard InChI is InChI=1S/C15H17BBrNO6/c1-15(2,3)24-14(20)18-11-6-8(13(19)23-4)5-10(17)9(11)7-12(18)16(21)22/h5-7,21-22H,1-4H3. The van der Waals surface area contributed by atoms with Crippen LogP contribution in [0, 0.1) is 0 Å². The van der Waals surface area contributed by atoms with E-state index in [0.717, 1.165) is 4.57 Å². The molecule has 0 amide bonds. The summed E-state index contributed by atoms with van der Waals surface area (Å²) >= 11 is 3.32. The molecule has 2 rings (SSSR count). The van der Waals surface area contributed by atoms with E-state index in [-0.39, 0.29) is 11.2 Å². The number of carbonyl (C=O) groups excluding carboxylic acids is 2. The van der Waals surface area contributed by atoms with Crippen LogP contribution in [-0.4, -0.2) is 46.5 Å². The molecule has 0 saturated heterocycles. The molecule has 9 heteroatoms. The molecule has 0 fully saturated rings. The number of halogens is 1. The van der Waals surface area contributed by atoms with Gasteiger partial charge in [-0.15, -0.1) is 0 Å². The quantitative estimate of drug-likeness (QED) is 0.590. The normalized spacial score (nSPS) is 11.5. The van der Waals surface area contributed by atoms with Crippen molar-refractivity contribution in [2.24, 2.45) is 0 Å². The summed E-state index contributed by atoms with van der Waals surface area (Å²) in [5.74, 6) is -0.583. The fraction of sp³-hybridized carbons (Fsp3) is 0.333. The van der Waals surface area contributed by atoms with Gasteiger partial charge in [0.2, 0.25) is 0 Å². The molecule has 1 heterocycles. The topological polar surface area (TPSA) is 98.0 Å². The largest absolute Gasteiger partial charge is 0.506 e. The third-order valence-electron chi connectivity index (χ3n) is 3.16. The van der Waals surface area contributed by atoms with Crippen LogP contribution in [0.1, 0.15) is 31.1 Å². The minimum absolute atomic E-state index is 0.0676.